The number of carbonyl (C=O) groups is 1. The van der Waals surface area contributed by atoms with Crippen LogP contribution in [0.1, 0.15) is 22.7 Å². The summed E-state index contributed by atoms with van der Waals surface area (Å²) in [5.41, 5.74) is 3.58. The summed E-state index contributed by atoms with van der Waals surface area (Å²) in [4.78, 5) is 17.2. The highest BCUT2D eigenvalue weighted by Crippen LogP contribution is 2.37. The number of morpholine rings is 1. The van der Waals surface area contributed by atoms with Crippen molar-refractivity contribution in [2.24, 2.45) is 0 Å². The molecule has 2 aliphatic heterocycles. The van der Waals surface area contributed by atoms with E-state index >= 15 is 0 Å². The number of urea groups is 1. The van der Waals surface area contributed by atoms with Crippen molar-refractivity contribution >= 4 is 6.03 Å². The molecule has 0 aromatic heterocycles. The molecule has 136 valence electrons. The molecule has 1 saturated heterocycles. The molecule has 1 fully saturated rings. The Morgan fingerprint density at radius 3 is 2.58 bits per heavy atom. The number of carbonyl (C=O) groups excluding carboxylic acids is 1. The van der Waals surface area contributed by atoms with Crippen LogP contribution in [0.3, 0.4) is 0 Å². The third-order valence-electron chi connectivity index (χ3n) is 5.22. The van der Waals surface area contributed by atoms with Crippen molar-refractivity contribution in [1.82, 2.24) is 9.80 Å². The van der Waals surface area contributed by atoms with Gasteiger partial charge in [-0.2, -0.15) is 0 Å². The Bertz CT molecular complexity index is 772. The van der Waals surface area contributed by atoms with Gasteiger partial charge >= 0.3 is 6.03 Å². The van der Waals surface area contributed by atoms with E-state index in [0.717, 1.165) is 17.7 Å². The maximum atomic E-state index is 13.2. The smallest absolute Gasteiger partial charge is 0.320 e. The number of methoxy groups -OCH3 is 1. The molecule has 0 N–H and O–H groups in total. The average Bonchev–Trinajstić information content (AvgIpc) is 2.73. The van der Waals surface area contributed by atoms with Gasteiger partial charge in [0.25, 0.3) is 0 Å². The van der Waals surface area contributed by atoms with Crippen molar-refractivity contribution in [2.45, 2.75) is 12.5 Å². The Hall–Kier alpha value is -2.53. The van der Waals surface area contributed by atoms with E-state index in [4.69, 9.17) is 9.47 Å². The number of hydrogen-bond donors (Lipinski definition) is 0. The molecule has 2 aromatic rings. The first kappa shape index (κ1) is 16.9. The van der Waals surface area contributed by atoms with Gasteiger partial charge in [-0.05, 0) is 35.2 Å². The molecule has 26 heavy (non-hydrogen) atoms. The Morgan fingerprint density at radius 1 is 1.08 bits per heavy atom. The van der Waals surface area contributed by atoms with Crippen LogP contribution in [-0.2, 0) is 11.2 Å². The van der Waals surface area contributed by atoms with E-state index in [1.807, 2.05) is 34.1 Å². The van der Waals surface area contributed by atoms with E-state index < -0.39 is 0 Å². The lowest BCUT2D eigenvalue weighted by atomic mass is 9.88. The molecule has 2 amide bonds. The topological polar surface area (TPSA) is 42.0 Å². The molecule has 5 nitrogen and oxygen atoms in total. The van der Waals surface area contributed by atoms with Crippen molar-refractivity contribution < 1.29 is 14.3 Å². The molecule has 0 aliphatic carbocycles. The highest BCUT2D eigenvalue weighted by molar-refractivity contribution is 5.76. The minimum absolute atomic E-state index is 0.0683. The van der Waals surface area contributed by atoms with E-state index in [1.54, 1.807) is 7.11 Å². The standard InChI is InChI=1S/C21H24N2O3/c1-25-18-7-8-19-17(15-18)9-10-23(20(19)16-5-3-2-4-6-16)21(24)22-11-13-26-14-12-22/h2-8,15,20H,9-14H2,1H3. The van der Waals surface area contributed by atoms with Crippen molar-refractivity contribution in [3.05, 3.63) is 65.2 Å². The molecule has 2 aromatic carbocycles. The van der Waals surface area contributed by atoms with Gasteiger partial charge in [0.2, 0.25) is 0 Å². The third kappa shape index (κ3) is 3.15. The number of nitrogens with zero attached hydrogens (tertiary/aromatic N) is 2. The predicted octanol–water partition coefficient (Wildman–Crippen LogP) is 3.09. The molecule has 1 atom stereocenters. The molecule has 0 saturated carbocycles. The van der Waals surface area contributed by atoms with Crippen LogP contribution in [0, 0.1) is 0 Å². The lowest BCUT2D eigenvalue weighted by Crippen LogP contribution is -2.51. The van der Waals surface area contributed by atoms with E-state index in [9.17, 15) is 4.79 Å². The number of amides is 2. The second kappa shape index (κ2) is 7.38. The van der Waals surface area contributed by atoms with Gasteiger partial charge in [-0.3, -0.25) is 0 Å². The van der Waals surface area contributed by atoms with Crippen molar-refractivity contribution in [1.29, 1.82) is 0 Å². The summed E-state index contributed by atoms with van der Waals surface area (Å²) in [6.45, 7) is 3.25. The van der Waals surface area contributed by atoms with Crippen LogP contribution in [0.2, 0.25) is 0 Å². The molecule has 0 spiro atoms. The second-order valence-corrected chi connectivity index (χ2v) is 6.70. The molecule has 0 radical (unpaired) electrons. The lowest BCUT2D eigenvalue weighted by molar-refractivity contribution is 0.0400. The zero-order valence-corrected chi connectivity index (χ0v) is 15.1. The molecule has 0 bridgehead atoms. The average molecular weight is 352 g/mol. The van der Waals surface area contributed by atoms with Crippen LogP contribution in [0.15, 0.2) is 48.5 Å². The van der Waals surface area contributed by atoms with Gasteiger partial charge in [0.1, 0.15) is 5.75 Å². The maximum absolute atomic E-state index is 13.2. The van der Waals surface area contributed by atoms with Gasteiger partial charge in [-0.15, -0.1) is 0 Å². The minimum atomic E-state index is -0.0683. The highest BCUT2D eigenvalue weighted by atomic mass is 16.5. The Labute approximate surface area is 154 Å². The first-order valence-electron chi connectivity index (χ1n) is 9.13. The van der Waals surface area contributed by atoms with Crippen LogP contribution in [0.4, 0.5) is 4.79 Å². The number of hydrogen-bond acceptors (Lipinski definition) is 3. The second-order valence-electron chi connectivity index (χ2n) is 6.70. The molecule has 5 heteroatoms. The van der Waals surface area contributed by atoms with E-state index in [-0.39, 0.29) is 12.1 Å². The molecule has 1 unspecified atom stereocenters. The molecule has 2 heterocycles. The van der Waals surface area contributed by atoms with E-state index in [1.165, 1.54) is 11.1 Å². The molecular weight excluding hydrogens is 328 g/mol. The maximum Gasteiger partial charge on any atom is 0.320 e. The van der Waals surface area contributed by atoms with Crippen LogP contribution in [0.25, 0.3) is 0 Å². The van der Waals surface area contributed by atoms with Crippen molar-refractivity contribution in [3.8, 4) is 5.75 Å². The zero-order valence-electron chi connectivity index (χ0n) is 15.1. The molecular formula is C21H24N2O3. The van der Waals surface area contributed by atoms with Gasteiger partial charge in [0.05, 0.1) is 26.4 Å². The van der Waals surface area contributed by atoms with Crippen LogP contribution >= 0.6 is 0 Å². The van der Waals surface area contributed by atoms with Gasteiger partial charge < -0.3 is 19.3 Å². The fourth-order valence-electron chi connectivity index (χ4n) is 3.87. The minimum Gasteiger partial charge on any atom is -0.497 e. The summed E-state index contributed by atoms with van der Waals surface area (Å²) in [7, 11) is 1.69. The highest BCUT2D eigenvalue weighted by Gasteiger charge is 2.34. The number of rotatable bonds is 2. The monoisotopic (exact) mass is 352 g/mol. The lowest BCUT2D eigenvalue weighted by Gasteiger charge is -2.41. The number of benzene rings is 2. The number of fused-ring (bicyclic) bond motifs is 1. The SMILES string of the molecule is COc1ccc2c(c1)CCN(C(=O)N1CCOCC1)C2c1ccccc1. The summed E-state index contributed by atoms with van der Waals surface area (Å²) in [6.07, 6.45) is 0.839. The summed E-state index contributed by atoms with van der Waals surface area (Å²) >= 11 is 0. The summed E-state index contributed by atoms with van der Waals surface area (Å²) in [6, 6.07) is 16.5. The van der Waals surface area contributed by atoms with E-state index in [0.29, 0.717) is 32.8 Å². The van der Waals surface area contributed by atoms with Gasteiger partial charge in [0.15, 0.2) is 0 Å². The summed E-state index contributed by atoms with van der Waals surface area (Å²) < 4.78 is 10.8. The Kier molecular flexibility index (Phi) is 4.80. The number of ether oxygens (including phenoxy) is 2. The fourth-order valence-corrected chi connectivity index (χ4v) is 3.87. The Balaban J connectivity index is 1.72. The molecule has 2 aliphatic rings. The fraction of sp³-hybridized carbons (Fsp3) is 0.381. The summed E-state index contributed by atoms with van der Waals surface area (Å²) in [5, 5.41) is 0. The van der Waals surface area contributed by atoms with E-state index in [2.05, 4.69) is 24.3 Å². The molecule has 4 rings (SSSR count). The zero-order chi connectivity index (χ0) is 17.9. The van der Waals surface area contributed by atoms with Crippen LogP contribution in [-0.4, -0.2) is 55.8 Å². The van der Waals surface area contributed by atoms with Crippen LogP contribution < -0.4 is 4.74 Å². The first-order valence-corrected chi connectivity index (χ1v) is 9.13. The normalized spacial score (nSPS) is 19.8. The third-order valence-corrected chi connectivity index (χ3v) is 5.22. The quantitative estimate of drug-likeness (QED) is 0.834. The predicted molar refractivity (Wildman–Crippen MR) is 99.5 cm³/mol. The summed E-state index contributed by atoms with van der Waals surface area (Å²) in [5.74, 6) is 0.864. The first-order chi connectivity index (χ1) is 12.8. The largest absolute Gasteiger partial charge is 0.497 e. The van der Waals surface area contributed by atoms with Gasteiger partial charge in [-0.25, -0.2) is 4.79 Å². The van der Waals surface area contributed by atoms with Gasteiger partial charge in [-0.1, -0.05) is 36.4 Å². The van der Waals surface area contributed by atoms with Crippen molar-refractivity contribution in [2.75, 3.05) is 40.0 Å². The van der Waals surface area contributed by atoms with Crippen molar-refractivity contribution in [3.63, 3.8) is 0 Å². The Morgan fingerprint density at radius 2 is 1.85 bits per heavy atom. The van der Waals surface area contributed by atoms with Crippen LogP contribution in [0.5, 0.6) is 5.75 Å². The van der Waals surface area contributed by atoms with Gasteiger partial charge in [0, 0.05) is 19.6 Å².